The molecule has 2 heterocycles. The number of carbonyl (C=O) groups excluding carboxylic acids is 2. The molecule has 0 aromatic heterocycles. The van der Waals surface area contributed by atoms with Gasteiger partial charge in [-0.15, -0.1) is 0 Å². The van der Waals surface area contributed by atoms with Gasteiger partial charge in [-0.2, -0.15) is 0 Å². The molecule has 23 heavy (non-hydrogen) atoms. The zero-order valence-corrected chi connectivity index (χ0v) is 13.4. The van der Waals surface area contributed by atoms with Gasteiger partial charge in [0, 0.05) is 37.5 Å². The van der Waals surface area contributed by atoms with Crippen molar-refractivity contribution in [2.75, 3.05) is 32.1 Å². The fraction of sp³-hybridized carbons (Fsp3) is 0.529. The molecule has 1 aromatic carbocycles. The van der Waals surface area contributed by atoms with Crippen molar-refractivity contribution in [2.24, 2.45) is 0 Å². The Morgan fingerprint density at radius 2 is 2.22 bits per heavy atom. The standard InChI is InChI=1S/C17H23N3O3/c1-20(14-7-8-18-11-14)17(22)12-4-2-5-13(10-12)19-16(21)15-6-3-9-23-15/h2,4-5,10,14-15,18H,3,6-9,11H2,1H3,(H,19,21). The lowest BCUT2D eigenvalue weighted by Gasteiger charge is -2.24. The summed E-state index contributed by atoms with van der Waals surface area (Å²) in [6.45, 7) is 2.41. The number of hydrogen-bond donors (Lipinski definition) is 2. The first-order valence-electron chi connectivity index (χ1n) is 8.15. The third kappa shape index (κ3) is 3.71. The summed E-state index contributed by atoms with van der Waals surface area (Å²) in [4.78, 5) is 26.5. The van der Waals surface area contributed by atoms with Crippen molar-refractivity contribution in [2.45, 2.75) is 31.4 Å². The maximum absolute atomic E-state index is 12.6. The fourth-order valence-corrected chi connectivity index (χ4v) is 3.08. The lowest BCUT2D eigenvalue weighted by molar-refractivity contribution is -0.124. The predicted molar refractivity (Wildman–Crippen MR) is 87.4 cm³/mol. The maximum Gasteiger partial charge on any atom is 0.253 e. The molecule has 3 rings (SSSR count). The van der Waals surface area contributed by atoms with Crippen molar-refractivity contribution in [1.82, 2.24) is 10.2 Å². The molecule has 2 fully saturated rings. The van der Waals surface area contributed by atoms with Crippen LogP contribution in [-0.2, 0) is 9.53 Å². The van der Waals surface area contributed by atoms with Crippen LogP contribution in [0.25, 0.3) is 0 Å². The van der Waals surface area contributed by atoms with Crippen molar-refractivity contribution in [3.05, 3.63) is 29.8 Å². The highest BCUT2D eigenvalue weighted by Gasteiger charge is 2.25. The summed E-state index contributed by atoms with van der Waals surface area (Å²) in [7, 11) is 1.83. The molecule has 2 atom stereocenters. The van der Waals surface area contributed by atoms with Crippen molar-refractivity contribution in [3.8, 4) is 0 Å². The van der Waals surface area contributed by atoms with E-state index in [2.05, 4.69) is 10.6 Å². The van der Waals surface area contributed by atoms with Crippen LogP contribution >= 0.6 is 0 Å². The van der Waals surface area contributed by atoms with Crippen LogP contribution in [0.15, 0.2) is 24.3 Å². The average molecular weight is 317 g/mol. The van der Waals surface area contributed by atoms with Gasteiger partial charge in [0.15, 0.2) is 0 Å². The van der Waals surface area contributed by atoms with E-state index in [1.807, 2.05) is 7.05 Å². The molecule has 6 nitrogen and oxygen atoms in total. The highest BCUT2D eigenvalue weighted by molar-refractivity contribution is 5.98. The van der Waals surface area contributed by atoms with Gasteiger partial charge < -0.3 is 20.3 Å². The number of carbonyl (C=O) groups is 2. The smallest absolute Gasteiger partial charge is 0.253 e. The lowest BCUT2D eigenvalue weighted by atomic mass is 10.1. The van der Waals surface area contributed by atoms with E-state index in [0.717, 1.165) is 32.4 Å². The second-order valence-electron chi connectivity index (χ2n) is 6.13. The van der Waals surface area contributed by atoms with E-state index in [9.17, 15) is 9.59 Å². The Balaban J connectivity index is 1.66. The summed E-state index contributed by atoms with van der Waals surface area (Å²) in [5.41, 5.74) is 1.22. The largest absolute Gasteiger partial charge is 0.368 e. The number of rotatable bonds is 4. The third-order valence-corrected chi connectivity index (χ3v) is 4.50. The van der Waals surface area contributed by atoms with Crippen molar-refractivity contribution in [3.63, 3.8) is 0 Å². The lowest BCUT2D eigenvalue weighted by Crippen LogP contribution is -2.38. The van der Waals surface area contributed by atoms with E-state index in [0.29, 0.717) is 17.9 Å². The van der Waals surface area contributed by atoms with Crippen LogP contribution in [0.2, 0.25) is 0 Å². The van der Waals surface area contributed by atoms with Crippen LogP contribution in [0.4, 0.5) is 5.69 Å². The highest BCUT2D eigenvalue weighted by Crippen LogP contribution is 2.18. The second-order valence-corrected chi connectivity index (χ2v) is 6.13. The SMILES string of the molecule is CN(C(=O)c1cccc(NC(=O)C2CCCO2)c1)C1CCNC1. The van der Waals surface area contributed by atoms with E-state index < -0.39 is 0 Å². The molecule has 6 heteroatoms. The van der Waals surface area contributed by atoms with Gasteiger partial charge in [0.25, 0.3) is 11.8 Å². The van der Waals surface area contributed by atoms with Gasteiger partial charge >= 0.3 is 0 Å². The van der Waals surface area contributed by atoms with Gasteiger partial charge in [-0.1, -0.05) is 6.07 Å². The second kappa shape index (κ2) is 7.10. The molecule has 2 N–H and O–H groups in total. The molecule has 0 radical (unpaired) electrons. The van der Waals surface area contributed by atoms with Gasteiger partial charge in [-0.25, -0.2) is 0 Å². The van der Waals surface area contributed by atoms with E-state index >= 15 is 0 Å². The van der Waals surface area contributed by atoms with E-state index in [1.165, 1.54) is 0 Å². The van der Waals surface area contributed by atoms with Crippen molar-refractivity contribution >= 4 is 17.5 Å². The van der Waals surface area contributed by atoms with E-state index in [1.54, 1.807) is 29.2 Å². The molecule has 124 valence electrons. The van der Waals surface area contributed by atoms with E-state index in [-0.39, 0.29) is 24.0 Å². The third-order valence-electron chi connectivity index (χ3n) is 4.50. The monoisotopic (exact) mass is 317 g/mol. The molecule has 2 amide bonds. The minimum absolute atomic E-state index is 0.0214. The van der Waals surface area contributed by atoms with Gasteiger partial charge in [0.2, 0.25) is 0 Å². The molecule has 2 unspecified atom stereocenters. The minimum Gasteiger partial charge on any atom is -0.368 e. The molecule has 0 saturated carbocycles. The highest BCUT2D eigenvalue weighted by atomic mass is 16.5. The normalized spacial score (nSPS) is 23.7. The van der Waals surface area contributed by atoms with Crippen LogP contribution in [0.1, 0.15) is 29.6 Å². The van der Waals surface area contributed by atoms with Crippen LogP contribution in [-0.4, -0.2) is 55.6 Å². The van der Waals surface area contributed by atoms with Crippen LogP contribution in [0.3, 0.4) is 0 Å². The average Bonchev–Trinajstić information content (AvgIpc) is 3.26. The number of ether oxygens (including phenoxy) is 1. The van der Waals surface area contributed by atoms with Crippen LogP contribution in [0, 0.1) is 0 Å². The Kier molecular flexibility index (Phi) is 4.93. The van der Waals surface area contributed by atoms with Gasteiger partial charge in [-0.3, -0.25) is 9.59 Å². The predicted octanol–water partition coefficient (Wildman–Crippen LogP) is 1.24. The van der Waals surface area contributed by atoms with E-state index in [4.69, 9.17) is 4.74 Å². The summed E-state index contributed by atoms with van der Waals surface area (Å²) >= 11 is 0. The van der Waals surface area contributed by atoms with Gasteiger partial charge in [-0.05, 0) is 44.0 Å². The minimum atomic E-state index is -0.374. The van der Waals surface area contributed by atoms with Crippen LogP contribution < -0.4 is 10.6 Å². The Labute approximate surface area is 136 Å². The first kappa shape index (κ1) is 16.0. The van der Waals surface area contributed by atoms with Crippen molar-refractivity contribution < 1.29 is 14.3 Å². The molecule has 2 aliphatic heterocycles. The zero-order valence-electron chi connectivity index (χ0n) is 13.4. The quantitative estimate of drug-likeness (QED) is 0.876. The number of likely N-dealkylation sites (N-methyl/N-ethyl adjacent to an activating group) is 1. The Morgan fingerprint density at radius 3 is 2.91 bits per heavy atom. The van der Waals surface area contributed by atoms with Gasteiger partial charge in [0.05, 0.1) is 0 Å². The number of anilines is 1. The van der Waals surface area contributed by atoms with Crippen molar-refractivity contribution in [1.29, 1.82) is 0 Å². The topological polar surface area (TPSA) is 70.7 Å². The first-order valence-corrected chi connectivity index (χ1v) is 8.15. The number of nitrogens with zero attached hydrogens (tertiary/aromatic N) is 1. The summed E-state index contributed by atoms with van der Waals surface area (Å²) in [6.07, 6.45) is 2.26. The molecule has 2 aliphatic rings. The zero-order chi connectivity index (χ0) is 16.2. The molecular weight excluding hydrogens is 294 g/mol. The number of hydrogen-bond acceptors (Lipinski definition) is 4. The Bertz CT molecular complexity index is 578. The van der Waals surface area contributed by atoms with Crippen LogP contribution in [0.5, 0.6) is 0 Å². The molecule has 0 aliphatic carbocycles. The maximum atomic E-state index is 12.6. The number of nitrogens with one attached hydrogen (secondary N) is 2. The van der Waals surface area contributed by atoms with Gasteiger partial charge in [0.1, 0.15) is 6.10 Å². The molecule has 0 bridgehead atoms. The fourth-order valence-electron chi connectivity index (χ4n) is 3.08. The Hall–Kier alpha value is -1.92. The first-order chi connectivity index (χ1) is 11.1. The molecule has 0 spiro atoms. The Morgan fingerprint density at radius 1 is 1.35 bits per heavy atom. The summed E-state index contributed by atoms with van der Waals surface area (Å²) in [5, 5.41) is 6.10. The molecular formula is C17H23N3O3. The molecule has 1 aromatic rings. The molecule has 2 saturated heterocycles. The number of benzene rings is 1. The number of amides is 2. The summed E-state index contributed by atoms with van der Waals surface area (Å²) < 4.78 is 5.38. The summed E-state index contributed by atoms with van der Waals surface area (Å²) in [5.74, 6) is -0.160. The summed E-state index contributed by atoms with van der Waals surface area (Å²) in [6, 6.07) is 7.32.